The van der Waals surface area contributed by atoms with Gasteiger partial charge in [-0.15, -0.1) is 0 Å². The molecule has 86 valence electrons. The summed E-state index contributed by atoms with van der Waals surface area (Å²) in [5.41, 5.74) is 1.94. The number of rotatable bonds is 1. The van der Waals surface area contributed by atoms with Gasteiger partial charge in [-0.25, -0.2) is 0 Å². The predicted octanol–water partition coefficient (Wildman–Crippen LogP) is 2.38. The second-order valence-corrected chi connectivity index (χ2v) is 5.56. The lowest BCUT2D eigenvalue weighted by atomic mass is 9.73. The van der Waals surface area contributed by atoms with Crippen molar-refractivity contribution in [2.75, 3.05) is 0 Å². The van der Waals surface area contributed by atoms with Gasteiger partial charge in [-0.05, 0) is 52.0 Å². The zero-order chi connectivity index (χ0) is 11.1. The zero-order valence-electron chi connectivity index (χ0n) is 10.1. The van der Waals surface area contributed by atoms with Crippen molar-refractivity contribution in [3.63, 3.8) is 0 Å². The molecule has 0 aromatic heterocycles. The monoisotopic (exact) mass is 209 g/mol. The van der Waals surface area contributed by atoms with Crippen LogP contribution in [0.3, 0.4) is 0 Å². The van der Waals surface area contributed by atoms with E-state index < -0.39 is 5.60 Å². The maximum Gasteiger partial charge on any atom is 0.0886 e. The van der Waals surface area contributed by atoms with Crippen molar-refractivity contribution in [2.45, 2.75) is 70.6 Å². The van der Waals surface area contributed by atoms with Gasteiger partial charge in [0.05, 0.1) is 5.60 Å². The summed E-state index contributed by atoms with van der Waals surface area (Å²) in [6.07, 6.45) is 5.59. The zero-order valence-corrected chi connectivity index (χ0v) is 10.1. The first kappa shape index (κ1) is 11.2. The number of nitrogens with one attached hydrogen (secondary N) is 1. The largest absolute Gasteiger partial charge is 0.385 e. The molecule has 2 atom stereocenters. The van der Waals surface area contributed by atoms with Gasteiger partial charge in [0, 0.05) is 12.1 Å². The van der Waals surface area contributed by atoms with Crippen LogP contribution < -0.4 is 5.32 Å². The molecule has 2 unspecified atom stereocenters. The van der Waals surface area contributed by atoms with Crippen LogP contribution in [-0.2, 0) is 0 Å². The highest BCUT2D eigenvalue weighted by Gasteiger charge is 2.41. The number of hydrogen-bond acceptors (Lipinski definition) is 2. The molecule has 0 radical (unpaired) electrons. The fourth-order valence-electron chi connectivity index (χ4n) is 3.10. The molecule has 15 heavy (non-hydrogen) atoms. The van der Waals surface area contributed by atoms with E-state index in [1.807, 2.05) is 0 Å². The van der Waals surface area contributed by atoms with Gasteiger partial charge < -0.3 is 10.4 Å². The van der Waals surface area contributed by atoms with Crippen LogP contribution in [-0.4, -0.2) is 22.8 Å². The van der Waals surface area contributed by atoms with E-state index >= 15 is 0 Å². The van der Waals surface area contributed by atoms with Crippen molar-refractivity contribution in [2.24, 2.45) is 0 Å². The Morgan fingerprint density at radius 2 is 1.67 bits per heavy atom. The summed E-state index contributed by atoms with van der Waals surface area (Å²) in [5.74, 6) is 0. The maximum atomic E-state index is 10.7. The Labute approximate surface area is 92.8 Å². The van der Waals surface area contributed by atoms with Crippen LogP contribution in [0.4, 0.5) is 0 Å². The van der Waals surface area contributed by atoms with E-state index in [0.717, 1.165) is 12.8 Å². The average Bonchev–Trinajstić information content (AvgIpc) is 2.15. The van der Waals surface area contributed by atoms with Gasteiger partial charge in [0.1, 0.15) is 0 Å². The SMILES string of the molecule is CC(C)=C(C)C1(O)CC2CCCC(C1)N2. The molecule has 2 fully saturated rings. The van der Waals surface area contributed by atoms with E-state index in [4.69, 9.17) is 0 Å². The third-order valence-electron chi connectivity index (χ3n) is 4.19. The standard InChI is InChI=1S/C13H23NO/c1-9(2)10(3)13(15)7-11-5-4-6-12(8-13)14-11/h11-12,14-15H,4-8H2,1-3H3. The Hall–Kier alpha value is -0.340. The predicted molar refractivity (Wildman–Crippen MR) is 62.8 cm³/mol. The Bertz CT molecular complexity index is 266. The van der Waals surface area contributed by atoms with Crippen LogP contribution in [0.25, 0.3) is 0 Å². The minimum Gasteiger partial charge on any atom is -0.385 e. The first-order valence-corrected chi connectivity index (χ1v) is 6.14. The first-order chi connectivity index (χ1) is 7.01. The highest BCUT2D eigenvalue weighted by Crippen LogP contribution is 2.37. The van der Waals surface area contributed by atoms with Crippen molar-refractivity contribution in [3.8, 4) is 0 Å². The molecular formula is C13H23NO. The highest BCUT2D eigenvalue weighted by atomic mass is 16.3. The minimum atomic E-state index is -0.528. The van der Waals surface area contributed by atoms with Crippen LogP contribution in [0.1, 0.15) is 52.9 Å². The lowest BCUT2D eigenvalue weighted by Crippen LogP contribution is -2.56. The number of aliphatic hydroxyl groups is 1. The minimum absolute atomic E-state index is 0.528. The summed E-state index contributed by atoms with van der Waals surface area (Å²) in [4.78, 5) is 0. The molecule has 0 saturated carbocycles. The lowest BCUT2D eigenvalue weighted by molar-refractivity contribution is -0.00105. The van der Waals surface area contributed by atoms with E-state index in [1.165, 1.54) is 30.4 Å². The summed E-state index contributed by atoms with van der Waals surface area (Å²) in [6, 6.07) is 1.08. The molecule has 2 heteroatoms. The molecule has 2 rings (SSSR count). The van der Waals surface area contributed by atoms with Crippen molar-refractivity contribution < 1.29 is 5.11 Å². The van der Waals surface area contributed by atoms with Gasteiger partial charge in [-0.3, -0.25) is 0 Å². The molecule has 2 aliphatic heterocycles. The maximum absolute atomic E-state index is 10.7. The fraction of sp³-hybridized carbons (Fsp3) is 0.846. The van der Waals surface area contributed by atoms with Gasteiger partial charge in [-0.1, -0.05) is 12.0 Å². The van der Waals surface area contributed by atoms with Crippen LogP contribution in [0.2, 0.25) is 0 Å². The van der Waals surface area contributed by atoms with Gasteiger partial charge >= 0.3 is 0 Å². The van der Waals surface area contributed by atoms with Gasteiger partial charge in [0.25, 0.3) is 0 Å². The molecule has 2 bridgehead atoms. The summed E-state index contributed by atoms with van der Waals surface area (Å²) >= 11 is 0. The van der Waals surface area contributed by atoms with Crippen molar-refractivity contribution >= 4 is 0 Å². The van der Waals surface area contributed by atoms with E-state index in [1.54, 1.807) is 0 Å². The van der Waals surface area contributed by atoms with Gasteiger partial charge in [0.2, 0.25) is 0 Å². The van der Waals surface area contributed by atoms with Gasteiger partial charge in [-0.2, -0.15) is 0 Å². The molecule has 0 aromatic rings. The molecule has 2 nitrogen and oxygen atoms in total. The second-order valence-electron chi connectivity index (χ2n) is 5.56. The van der Waals surface area contributed by atoms with Gasteiger partial charge in [0.15, 0.2) is 0 Å². The van der Waals surface area contributed by atoms with Crippen LogP contribution in [0.15, 0.2) is 11.1 Å². The average molecular weight is 209 g/mol. The molecular weight excluding hydrogens is 186 g/mol. The summed E-state index contributed by atoms with van der Waals surface area (Å²) in [5, 5.41) is 14.3. The Balaban J connectivity index is 2.19. The molecule has 0 aliphatic carbocycles. The van der Waals surface area contributed by atoms with E-state index in [9.17, 15) is 5.11 Å². The van der Waals surface area contributed by atoms with E-state index in [0.29, 0.717) is 12.1 Å². The highest BCUT2D eigenvalue weighted by molar-refractivity contribution is 5.22. The summed E-state index contributed by atoms with van der Waals surface area (Å²) in [7, 11) is 0. The number of fused-ring (bicyclic) bond motifs is 2. The van der Waals surface area contributed by atoms with E-state index in [-0.39, 0.29) is 0 Å². The molecule has 2 aliphatic rings. The first-order valence-electron chi connectivity index (χ1n) is 6.14. The molecule has 2 heterocycles. The van der Waals surface area contributed by atoms with Crippen LogP contribution >= 0.6 is 0 Å². The quantitative estimate of drug-likeness (QED) is 0.650. The molecule has 0 aromatic carbocycles. The summed E-state index contributed by atoms with van der Waals surface area (Å²) in [6.45, 7) is 6.30. The summed E-state index contributed by atoms with van der Waals surface area (Å²) < 4.78 is 0. The van der Waals surface area contributed by atoms with Crippen LogP contribution in [0.5, 0.6) is 0 Å². The topological polar surface area (TPSA) is 32.3 Å². The third-order valence-corrected chi connectivity index (χ3v) is 4.19. The normalized spacial score (nSPS) is 40.0. The Morgan fingerprint density at radius 1 is 1.13 bits per heavy atom. The molecule has 0 amide bonds. The number of piperidine rings is 2. The van der Waals surface area contributed by atoms with Crippen molar-refractivity contribution in [3.05, 3.63) is 11.1 Å². The fourth-order valence-corrected chi connectivity index (χ4v) is 3.10. The number of allylic oxidation sites excluding steroid dienone is 1. The second kappa shape index (κ2) is 3.91. The lowest BCUT2D eigenvalue weighted by Gasteiger charge is -2.46. The third kappa shape index (κ3) is 2.11. The van der Waals surface area contributed by atoms with Crippen molar-refractivity contribution in [1.29, 1.82) is 0 Å². The smallest absolute Gasteiger partial charge is 0.0886 e. The Kier molecular flexibility index (Phi) is 2.91. The molecule has 0 spiro atoms. The number of hydrogen-bond donors (Lipinski definition) is 2. The Morgan fingerprint density at radius 3 is 2.13 bits per heavy atom. The molecule has 2 N–H and O–H groups in total. The van der Waals surface area contributed by atoms with Crippen molar-refractivity contribution in [1.82, 2.24) is 5.32 Å². The van der Waals surface area contributed by atoms with Crippen LogP contribution in [0, 0.1) is 0 Å². The molecule has 2 saturated heterocycles. The van der Waals surface area contributed by atoms with E-state index in [2.05, 4.69) is 26.1 Å².